The van der Waals surface area contributed by atoms with Crippen LogP contribution in [-0.4, -0.2) is 59.3 Å². The van der Waals surface area contributed by atoms with E-state index in [9.17, 15) is 9.50 Å². The molecule has 1 atom stereocenters. The smallest absolute Gasteiger partial charge is 0.127 e. The first-order valence-corrected chi connectivity index (χ1v) is 11.3. The van der Waals surface area contributed by atoms with E-state index in [-0.39, 0.29) is 5.82 Å². The zero-order valence-electron chi connectivity index (χ0n) is 17.0. The summed E-state index contributed by atoms with van der Waals surface area (Å²) in [4.78, 5) is 9.44. The maximum absolute atomic E-state index is 13.9. The number of aromatic nitrogens is 1. The van der Waals surface area contributed by atoms with Crippen molar-refractivity contribution in [3.63, 3.8) is 0 Å². The van der Waals surface area contributed by atoms with Crippen molar-refractivity contribution in [1.82, 2.24) is 14.8 Å². The predicted molar refractivity (Wildman–Crippen MR) is 112 cm³/mol. The minimum absolute atomic E-state index is 0.161. The fraction of sp³-hybridized carbons (Fsp3) is 0.591. The highest BCUT2D eigenvalue weighted by molar-refractivity contribution is 7.09. The highest BCUT2D eigenvalue weighted by atomic mass is 32.1. The van der Waals surface area contributed by atoms with Crippen LogP contribution in [0.25, 0.3) is 0 Å². The summed E-state index contributed by atoms with van der Waals surface area (Å²) in [7, 11) is 1.76. The molecule has 0 amide bonds. The Morgan fingerprint density at radius 1 is 1.24 bits per heavy atom. The molecule has 0 aliphatic carbocycles. The van der Waals surface area contributed by atoms with Gasteiger partial charge in [-0.15, -0.1) is 11.3 Å². The van der Waals surface area contributed by atoms with E-state index in [0.29, 0.717) is 31.0 Å². The van der Waals surface area contributed by atoms with Crippen LogP contribution in [0, 0.1) is 5.82 Å². The van der Waals surface area contributed by atoms with Gasteiger partial charge in [-0.05, 0) is 38.3 Å². The Balaban J connectivity index is 1.34. The maximum Gasteiger partial charge on any atom is 0.127 e. The maximum atomic E-state index is 13.9. The molecule has 158 valence electrons. The van der Waals surface area contributed by atoms with Gasteiger partial charge in [-0.3, -0.25) is 9.80 Å². The number of hydrogen-bond donors (Lipinski definition) is 1. The second-order valence-corrected chi connectivity index (χ2v) is 9.19. The quantitative estimate of drug-likeness (QED) is 0.746. The Labute approximate surface area is 176 Å². The molecule has 0 radical (unpaired) electrons. The van der Waals surface area contributed by atoms with Gasteiger partial charge in [0.15, 0.2) is 0 Å². The number of methoxy groups -OCH3 is 1. The van der Waals surface area contributed by atoms with Gasteiger partial charge in [-0.25, -0.2) is 9.37 Å². The molecule has 0 saturated carbocycles. The molecule has 2 aliphatic rings. The van der Waals surface area contributed by atoms with Crippen molar-refractivity contribution in [2.75, 3.05) is 33.4 Å². The summed E-state index contributed by atoms with van der Waals surface area (Å²) >= 11 is 1.64. The van der Waals surface area contributed by atoms with Gasteiger partial charge >= 0.3 is 0 Å². The van der Waals surface area contributed by atoms with E-state index in [1.165, 1.54) is 18.9 Å². The second kappa shape index (κ2) is 9.18. The lowest BCUT2D eigenvalue weighted by atomic mass is 9.88. The van der Waals surface area contributed by atoms with Crippen molar-refractivity contribution in [2.24, 2.45) is 0 Å². The summed E-state index contributed by atoms with van der Waals surface area (Å²) in [6.45, 7) is 4.73. The number of thiazole rings is 1. The molecule has 1 aromatic heterocycles. The van der Waals surface area contributed by atoms with E-state index in [1.807, 2.05) is 17.5 Å². The van der Waals surface area contributed by atoms with E-state index in [1.54, 1.807) is 24.5 Å². The number of likely N-dealkylation sites (tertiary alicyclic amines) is 2. The van der Waals surface area contributed by atoms with E-state index >= 15 is 0 Å². The Morgan fingerprint density at radius 3 is 2.79 bits per heavy atom. The Kier molecular flexibility index (Phi) is 6.61. The van der Waals surface area contributed by atoms with Crippen LogP contribution in [0.5, 0.6) is 0 Å². The molecule has 1 N–H and O–H groups in total. The SMILES string of the molecule is COC[C@H]1CCCN1Cc1nc(C2(O)CCN(Cc3ccccc3F)CC2)cs1. The molecule has 0 spiro atoms. The number of ether oxygens (including phenoxy) is 1. The standard InChI is InChI=1S/C22H30FN3O2S/c1-28-15-18-6-4-10-26(18)14-21-24-20(16-29-21)22(27)8-11-25(12-9-22)13-17-5-2-3-7-19(17)23/h2-3,5,7,16,18,27H,4,6,8-15H2,1H3/t18-/m1/s1. The monoisotopic (exact) mass is 419 g/mol. The Bertz CT molecular complexity index is 807. The van der Waals surface area contributed by atoms with Gasteiger partial charge in [0.25, 0.3) is 0 Å². The minimum atomic E-state index is -0.878. The Morgan fingerprint density at radius 2 is 2.03 bits per heavy atom. The molecule has 2 fully saturated rings. The van der Waals surface area contributed by atoms with Crippen LogP contribution in [0.15, 0.2) is 29.6 Å². The lowest BCUT2D eigenvalue weighted by molar-refractivity contribution is -0.0309. The first-order chi connectivity index (χ1) is 14.1. The van der Waals surface area contributed by atoms with Crippen LogP contribution in [0.4, 0.5) is 4.39 Å². The average Bonchev–Trinajstić information content (AvgIpc) is 3.37. The Hall–Kier alpha value is -1.38. The zero-order chi connectivity index (χ0) is 20.3. The summed E-state index contributed by atoms with van der Waals surface area (Å²) in [6.07, 6.45) is 3.63. The number of nitrogens with zero attached hydrogens (tertiary/aromatic N) is 3. The van der Waals surface area contributed by atoms with Crippen LogP contribution >= 0.6 is 11.3 Å². The fourth-order valence-electron chi connectivity index (χ4n) is 4.46. The van der Waals surface area contributed by atoms with Crippen LogP contribution < -0.4 is 0 Å². The number of hydrogen-bond acceptors (Lipinski definition) is 6. The van der Waals surface area contributed by atoms with Gasteiger partial charge in [0.05, 0.1) is 18.8 Å². The third-order valence-corrected chi connectivity index (χ3v) is 7.09. The van der Waals surface area contributed by atoms with Gasteiger partial charge < -0.3 is 9.84 Å². The number of halogens is 1. The highest BCUT2D eigenvalue weighted by Crippen LogP contribution is 2.34. The summed E-state index contributed by atoms with van der Waals surface area (Å²) in [6, 6.07) is 7.39. The van der Waals surface area contributed by atoms with Crippen molar-refractivity contribution in [2.45, 2.75) is 50.4 Å². The van der Waals surface area contributed by atoms with Crippen LogP contribution in [0.2, 0.25) is 0 Å². The van der Waals surface area contributed by atoms with Gasteiger partial charge in [0.2, 0.25) is 0 Å². The topological polar surface area (TPSA) is 48.8 Å². The first-order valence-electron chi connectivity index (χ1n) is 10.4. The molecule has 1 aromatic carbocycles. The van der Waals surface area contributed by atoms with Crippen molar-refractivity contribution in [1.29, 1.82) is 0 Å². The van der Waals surface area contributed by atoms with Gasteiger partial charge in [-0.2, -0.15) is 0 Å². The molecule has 0 unspecified atom stereocenters. The molecule has 2 aromatic rings. The second-order valence-electron chi connectivity index (χ2n) is 8.25. The van der Waals surface area contributed by atoms with Crippen molar-refractivity contribution in [3.05, 3.63) is 51.7 Å². The van der Waals surface area contributed by atoms with Crippen molar-refractivity contribution in [3.8, 4) is 0 Å². The van der Waals surface area contributed by atoms with E-state index in [2.05, 4.69) is 9.80 Å². The summed E-state index contributed by atoms with van der Waals surface area (Å²) in [5.41, 5.74) is 0.632. The molecule has 29 heavy (non-hydrogen) atoms. The van der Waals surface area contributed by atoms with E-state index in [4.69, 9.17) is 9.72 Å². The molecule has 2 saturated heterocycles. The van der Waals surface area contributed by atoms with Crippen LogP contribution in [0.1, 0.15) is 41.9 Å². The van der Waals surface area contributed by atoms with E-state index in [0.717, 1.165) is 43.5 Å². The fourth-order valence-corrected chi connectivity index (χ4v) is 5.37. The molecule has 2 aliphatic heterocycles. The van der Waals surface area contributed by atoms with Crippen LogP contribution in [-0.2, 0) is 23.4 Å². The lowest BCUT2D eigenvalue weighted by Gasteiger charge is -2.37. The van der Waals surface area contributed by atoms with Crippen molar-refractivity contribution < 1.29 is 14.2 Å². The van der Waals surface area contributed by atoms with Gasteiger partial charge in [-0.1, -0.05) is 18.2 Å². The number of piperidine rings is 1. The summed E-state index contributed by atoms with van der Waals surface area (Å²) in [5.74, 6) is -0.161. The molecule has 7 heteroatoms. The predicted octanol–water partition coefficient (Wildman–Crippen LogP) is 3.38. The number of rotatable bonds is 7. The number of aliphatic hydroxyl groups is 1. The highest BCUT2D eigenvalue weighted by Gasteiger charge is 2.36. The number of benzene rings is 1. The first kappa shape index (κ1) is 20.9. The summed E-state index contributed by atoms with van der Waals surface area (Å²) < 4.78 is 19.3. The van der Waals surface area contributed by atoms with Crippen molar-refractivity contribution >= 4 is 11.3 Å². The van der Waals surface area contributed by atoms with Crippen LogP contribution in [0.3, 0.4) is 0 Å². The third-order valence-electron chi connectivity index (χ3n) is 6.26. The molecule has 5 nitrogen and oxygen atoms in total. The molecule has 3 heterocycles. The van der Waals surface area contributed by atoms with E-state index < -0.39 is 5.60 Å². The largest absolute Gasteiger partial charge is 0.383 e. The van der Waals surface area contributed by atoms with Gasteiger partial charge in [0.1, 0.15) is 16.4 Å². The molecule has 0 bridgehead atoms. The minimum Gasteiger partial charge on any atom is -0.383 e. The third kappa shape index (κ3) is 4.86. The molecular weight excluding hydrogens is 389 g/mol. The molecular formula is C22H30FN3O2S. The average molecular weight is 420 g/mol. The molecule has 4 rings (SSSR count). The normalized spacial score (nSPS) is 22.9. The zero-order valence-corrected chi connectivity index (χ0v) is 17.8. The van der Waals surface area contributed by atoms with Gasteiger partial charge in [0, 0.05) is 43.7 Å². The summed E-state index contributed by atoms with van der Waals surface area (Å²) in [5, 5.41) is 14.3. The lowest BCUT2D eigenvalue weighted by Crippen LogP contribution is -2.42.